The van der Waals surface area contributed by atoms with Gasteiger partial charge in [-0.25, -0.2) is 0 Å². The lowest BCUT2D eigenvalue weighted by Crippen LogP contribution is -2.23. The minimum absolute atomic E-state index is 0.111. The van der Waals surface area contributed by atoms with Gasteiger partial charge in [-0.05, 0) is 71.3 Å². The third kappa shape index (κ3) is 3.43. The Bertz CT molecular complexity index is 698. The molecule has 0 N–H and O–H groups in total. The van der Waals surface area contributed by atoms with Gasteiger partial charge in [-0.15, -0.1) is 0 Å². The normalized spacial score (nSPS) is 22.8. The molecule has 2 rings (SSSR count). The second-order valence-electron chi connectivity index (χ2n) is 8.84. The molecule has 0 aromatic carbocycles. The Labute approximate surface area is 145 Å². The van der Waals surface area contributed by atoms with Gasteiger partial charge in [0.05, 0.1) is 0 Å². The number of allylic oxidation sites excluding steroid dienone is 10. The van der Waals surface area contributed by atoms with Gasteiger partial charge in [-0.1, -0.05) is 41.5 Å². The highest BCUT2D eigenvalue weighted by Gasteiger charge is 2.30. The molecule has 0 atom stereocenters. The summed E-state index contributed by atoms with van der Waals surface area (Å²) in [5.41, 5.74) is 4.72. The first-order valence-corrected chi connectivity index (χ1v) is 8.47. The molecule has 128 valence electrons. The average Bonchev–Trinajstić information content (AvgIpc) is 2.41. The number of hydrogen-bond acceptors (Lipinski definition) is 2. The maximum absolute atomic E-state index is 12.5. The molecule has 2 nitrogen and oxygen atoms in total. The van der Waals surface area contributed by atoms with E-state index in [1.165, 1.54) is 0 Å². The SMILES string of the molecule is CC1=C/C(=C2\C=C(C)C(=O)C(C(C)(C)C)=C2)C=C(C(C)(C)C)C1=O. The van der Waals surface area contributed by atoms with Crippen LogP contribution in [0.1, 0.15) is 55.4 Å². The standard InChI is InChI=1S/C22H28O2/c1-13-9-15(11-17(19(13)23)21(3,4)5)16-10-14(2)20(24)18(12-16)22(6,7)8/h9-12H,1-8H3/b16-15-. The van der Waals surface area contributed by atoms with E-state index >= 15 is 0 Å². The predicted molar refractivity (Wildman–Crippen MR) is 99.6 cm³/mol. The van der Waals surface area contributed by atoms with E-state index in [1.54, 1.807) is 0 Å². The summed E-state index contributed by atoms with van der Waals surface area (Å²) in [6.07, 6.45) is 7.84. The first-order valence-electron chi connectivity index (χ1n) is 8.47. The van der Waals surface area contributed by atoms with Crippen molar-refractivity contribution < 1.29 is 9.59 Å². The molecule has 0 bridgehead atoms. The Kier molecular flexibility index (Phi) is 4.47. The highest BCUT2D eigenvalue weighted by molar-refractivity contribution is 6.12. The summed E-state index contributed by atoms with van der Waals surface area (Å²) in [7, 11) is 0. The summed E-state index contributed by atoms with van der Waals surface area (Å²) in [5, 5.41) is 0. The molecule has 2 aliphatic carbocycles. The van der Waals surface area contributed by atoms with E-state index < -0.39 is 0 Å². The number of ketones is 2. The number of carbonyl (C=O) groups is 2. The molecule has 0 heterocycles. The molecule has 0 saturated heterocycles. The monoisotopic (exact) mass is 324 g/mol. The lowest BCUT2D eigenvalue weighted by atomic mass is 9.75. The predicted octanol–water partition coefficient (Wildman–Crippen LogP) is 5.29. The lowest BCUT2D eigenvalue weighted by molar-refractivity contribution is -0.114. The summed E-state index contributed by atoms with van der Waals surface area (Å²) >= 11 is 0. The lowest BCUT2D eigenvalue weighted by Gasteiger charge is -2.28. The second-order valence-corrected chi connectivity index (χ2v) is 8.84. The second kappa shape index (κ2) is 5.84. The van der Waals surface area contributed by atoms with Crippen LogP contribution in [0.4, 0.5) is 0 Å². The smallest absolute Gasteiger partial charge is 0.185 e. The molecule has 0 aromatic heterocycles. The molecule has 0 aliphatic heterocycles. The van der Waals surface area contributed by atoms with Crippen LogP contribution in [-0.2, 0) is 9.59 Å². The van der Waals surface area contributed by atoms with Crippen LogP contribution < -0.4 is 0 Å². The molecule has 0 fully saturated rings. The summed E-state index contributed by atoms with van der Waals surface area (Å²) in [6, 6.07) is 0. The summed E-state index contributed by atoms with van der Waals surface area (Å²) in [4.78, 5) is 25.0. The Morgan fingerprint density at radius 2 is 0.875 bits per heavy atom. The molecular formula is C22H28O2. The van der Waals surface area contributed by atoms with Crippen molar-refractivity contribution in [3.63, 3.8) is 0 Å². The van der Waals surface area contributed by atoms with Crippen molar-refractivity contribution in [2.75, 3.05) is 0 Å². The van der Waals surface area contributed by atoms with Crippen molar-refractivity contribution in [3.8, 4) is 0 Å². The molecule has 0 spiro atoms. The van der Waals surface area contributed by atoms with Crippen molar-refractivity contribution in [3.05, 3.63) is 57.7 Å². The van der Waals surface area contributed by atoms with E-state index in [2.05, 4.69) is 41.5 Å². The van der Waals surface area contributed by atoms with Crippen LogP contribution in [-0.4, -0.2) is 11.6 Å². The molecule has 0 radical (unpaired) electrons. The number of Topliss-reactive ketones (excluding diaryl/α,β-unsaturated/α-hetero) is 2. The molecule has 0 unspecified atom stereocenters. The molecule has 0 aromatic rings. The van der Waals surface area contributed by atoms with Crippen molar-refractivity contribution in [1.82, 2.24) is 0 Å². The minimum atomic E-state index is -0.210. The van der Waals surface area contributed by atoms with E-state index in [0.717, 1.165) is 33.4 Å². The summed E-state index contributed by atoms with van der Waals surface area (Å²) < 4.78 is 0. The zero-order valence-electron chi connectivity index (χ0n) is 16.1. The van der Waals surface area contributed by atoms with Gasteiger partial charge >= 0.3 is 0 Å². The molecule has 2 heteroatoms. The molecule has 0 amide bonds. The Balaban J connectivity index is 2.70. The van der Waals surface area contributed by atoms with Crippen molar-refractivity contribution in [1.29, 1.82) is 0 Å². The maximum Gasteiger partial charge on any atom is 0.185 e. The van der Waals surface area contributed by atoms with Gasteiger partial charge in [0.15, 0.2) is 11.6 Å². The Morgan fingerprint density at radius 3 is 1.12 bits per heavy atom. The van der Waals surface area contributed by atoms with E-state index in [-0.39, 0.29) is 22.4 Å². The van der Waals surface area contributed by atoms with Gasteiger partial charge in [0.25, 0.3) is 0 Å². The largest absolute Gasteiger partial charge is 0.289 e. The van der Waals surface area contributed by atoms with Crippen LogP contribution in [0, 0.1) is 10.8 Å². The van der Waals surface area contributed by atoms with Crippen molar-refractivity contribution in [2.24, 2.45) is 10.8 Å². The molecule has 0 saturated carbocycles. The Hall–Kier alpha value is -1.96. The fourth-order valence-electron chi connectivity index (χ4n) is 3.00. The fraction of sp³-hybridized carbons (Fsp3) is 0.455. The van der Waals surface area contributed by atoms with Crippen LogP contribution in [0.2, 0.25) is 0 Å². The fourth-order valence-corrected chi connectivity index (χ4v) is 3.00. The topological polar surface area (TPSA) is 34.1 Å². The van der Waals surface area contributed by atoms with Gasteiger partial charge in [0.1, 0.15) is 0 Å². The minimum Gasteiger partial charge on any atom is -0.289 e. The van der Waals surface area contributed by atoms with Gasteiger partial charge in [0.2, 0.25) is 0 Å². The van der Waals surface area contributed by atoms with E-state index in [4.69, 9.17) is 0 Å². The highest BCUT2D eigenvalue weighted by atomic mass is 16.1. The average molecular weight is 324 g/mol. The summed E-state index contributed by atoms with van der Waals surface area (Å²) in [5.74, 6) is 0.221. The summed E-state index contributed by atoms with van der Waals surface area (Å²) in [6.45, 7) is 16.1. The third-order valence-corrected chi connectivity index (χ3v) is 4.50. The van der Waals surface area contributed by atoms with Gasteiger partial charge in [0, 0.05) is 11.1 Å². The van der Waals surface area contributed by atoms with E-state index in [0.29, 0.717) is 0 Å². The van der Waals surface area contributed by atoms with E-state index in [1.807, 2.05) is 38.2 Å². The van der Waals surface area contributed by atoms with Crippen LogP contribution >= 0.6 is 0 Å². The quantitative estimate of drug-likeness (QED) is 0.607. The van der Waals surface area contributed by atoms with Crippen LogP contribution in [0.15, 0.2) is 57.7 Å². The highest BCUT2D eigenvalue weighted by Crippen LogP contribution is 2.37. The van der Waals surface area contributed by atoms with Gasteiger partial charge in [-0.2, -0.15) is 0 Å². The molecular weight excluding hydrogens is 296 g/mol. The first-order chi connectivity index (χ1) is 10.8. The third-order valence-electron chi connectivity index (χ3n) is 4.50. The van der Waals surface area contributed by atoms with Crippen LogP contribution in [0.25, 0.3) is 0 Å². The zero-order valence-corrected chi connectivity index (χ0v) is 16.1. The van der Waals surface area contributed by atoms with Gasteiger partial charge < -0.3 is 0 Å². The maximum atomic E-state index is 12.5. The van der Waals surface area contributed by atoms with Crippen molar-refractivity contribution >= 4 is 11.6 Å². The number of rotatable bonds is 0. The van der Waals surface area contributed by atoms with Crippen LogP contribution in [0.5, 0.6) is 0 Å². The van der Waals surface area contributed by atoms with Crippen molar-refractivity contribution in [2.45, 2.75) is 55.4 Å². The van der Waals surface area contributed by atoms with Crippen LogP contribution in [0.3, 0.4) is 0 Å². The van der Waals surface area contributed by atoms with E-state index in [9.17, 15) is 9.59 Å². The first kappa shape index (κ1) is 18.4. The molecule has 24 heavy (non-hydrogen) atoms. The zero-order chi connectivity index (χ0) is 18.4. The number of carbonyl (C=O) groups excluding carboxylic acids is 2. The Morgan fingerprint density at radius 1 is 0.583 bits per heavy atom. The molecule has 2 aliphatic rings. The van der Waals surface area contributed by atoms with Gasteiger partial charge in [-0.3, -0.25) is 9.59 Å². The number of hydrogen-bond donors (Lipinski definition) is 0.